The second-order valence-corrected chi connectivity index (χ2v) is 2.88. The van der Waals surface area contributed by atoms with Crippen molar-refractivity contribution in [2.24, 2.45) is 5.73 Å². The number of aromatic nitrogens is 1. The van der Waals surface area contributed by atoms with Crippen LogP contribution in [0.3, 0.4) is 0 Å². The van der Waals surface area contributed by atoms with Gasteiger partial charge in [-0.25, -0.2) is 0 Å². The van der Waals surface area contributed by atoms with E-state index in [4.69, 9.17) is 10.3 Å². The molecule has 0 amide bonds. The lowest BCUT2D eigenvalue weighted by molar-refractivity contribution is 0.356. The van der Waals surface area contributed by atoms with Gasteiger partial charge in [0, 0.05) is 6.07 Å². The largest absolute Gasteiger partial charge is 0.359 e. The number of hydrogen-bond donors (Lipinski definition) is 1. The van der Waals surface area contributed by atoms with Crippen molar-refractivity contribution in [3.63, 3.8) is 0 Å². The molecule has 0 saturated heterocycles. The van der Waals surface area contributed by atoms with E-state index in [0.29, 0.717) is 4.60 Å². The average Bonchev–Trinajstić information content (AvgIpc) is 2.34. The van der Waals surface area contributed by atoms with Gasteiger partial charge in [0.25, 0.3) is 0 Å². The monoisotopic (exact) mass is 204 g/mol. The van der Waals surface area contributed by atoms with Gasteiger partial charge < -0.3 is 10.3 Å². The zero-order valence-corrected chi connectivity index (χ0v) is 7.26. The van der Waals surface area contributed by atoms with Crippen molar-refractivity contribution in [2.45, 2.75) is 19.4 Å². The van der Waals surface area contributed by atoms with E-state index in [1.165, 1.54) is 0 Å². The van der Waals surface area contributed by atoms with Gasteiger partial charge in [-0.2, -0.15) is 0 Å². The predicted octanol–water partition coefficient (Wildman–Crippen LogP) is 1.85. The van der Waals surface area contributed by atoms with E-state index >= 15 is 0 Å². The minimum Gasteiger partial charge on any atom is -0.359 e. The van der Waals surface area contributed by atoms with Gasteiger partial charge in [0.15, 0.2) is 5.76 Å². The SMILES string of the molecule is CCC(N)c1cc(Br)no1. The third-order valence-electron chi connectivity index (χ3n) is 1.30. The first-order valence-electron chi connectivity index (χ1n) is 3.11. The van der Waals surface area contributed by atoms with Crippen LogP contribution in [0, 0.1) is 0 Å². The maximum atomic E-state index is 5.65. The van der Waals surface area contributed by atoms with E-state index in [1.807, 2.05) is 6.92 Å². The minimum atomic E-state index is -0.0289. The van der Waals surface area contributed by atoms with Gasteiger partial charge in [-0.3, -0.25) is 0 Å². The van der Waals surface area contributed by atoms with E-state index in [0.717, 1.165) is 12.2 Å². The molecule has 1 aromatic rings. The second-order valence-electron chi connectivity index (χ2n) is 2.07. The van der Waals surface area contributed by atoms with Crippen LogP contribution in [0.1, 0.15) is 25.1 Å². The summed E-state index contributed by atoms with van der Waals surface area (Å²) in [5, 5.41) is 3.65. The van der Waals surface area contributed by atoms with E-state index in [2.05, 4.69) is 21.1 Å². The number of nitrogens with two attached hydrogens (primary N) is 1. The van der Waals surface area contributed by atoms with Crippen LogP contribution >= 0.6 is 15.9 Å². The van der Waals surface area contributed by atoms with Crippen LogP contribution in [0.25, 0.3) is 0 Å². The Morgan fingerprint density at radius 1 is 1.90 bits per heavy atom. The Morgan fingerprint density at radius 3 is 3.00 bits per heavy atom. The molecule has 3 nitrogen and oxygen atoms in total. The highest BCUT2D eigenvalue weighted by Crippen LogP contribution is 2.17. The Balaban J connectivity index is 2.74. The van der Waals surface area contributed by atoms with Crippen molar-refractivity contribution in [1.82, 2.24) is 5.16 Å². The lowest BCUT2D eigenvalue weighted by Crippen LogP contribution is -2.06. The Labute approximate surface area is 67.7 Å². The molecule has 0 fully saturated rings. The van der Waals surface area contributed by atoms with Crippen molar-refractivity contribution < 1.29 is 4.52 Å². The Hall–Kier alpha value is -0.350. The molecular weight excluding hydrogens is 196 g/mol. The van der Waals surface area contributed by atoms with Gasteiger partial charge in [0.1, 0.15) is 4.60 Å². The molecule has 0 aromatic carbocycles. The van der Waals surface area contributed by atoms with Crippen LogP contribution in [0.4, 0.5) is 0 Å². The molecule has 1 unspecified atom stereocenters. The van der Waals surface area contributed by atoms with Gasteiger partial charge in [-0.1, -0.05) is 12.1 Å². The summed E-state index contributed by atoms with van der Waals surface area (Å²) in [6.07, 6.45) is 0.863. The maximum absolute atomic E-state index is 5.65. The molecular formula is C6H9BrN2O. The van der Waals surface area contributed by atoms with Gasteiger partial charge in [0.05, 0.1) is 6.04 Å². The molecule has 0 saturated carbocycles. The molecule has 2 N–H and O–H groups in total. The fourth-order valence-corrected chi connectivity index (χ4v) is 0.940. The van der Waals surface area contributed by atoms with Crippen molar-refractivity contribution in [3.05, 3.63) is 16.4 Å². The van der Waals surface area contributed by atoms with Crippen LogP contribution in [0.2, 0.25) is 0 Å². The Kier molecular flexibility index (Phi) is 2.45. The summed E-state index contributed by atoms with van der Waals surface area (Å²) in [5.74, 6) is 0.731. The summed E-state index contributed by atoms with van der Waals surface area (Å²) in [5.41, 5.74) is 5.65. The molecule has 0 aliphatic carbocycles. The highest BCUT2D eigenvalue weighted by atomic mass is 79.9. The van der Waals surface area contributed by atoms with Gasteiger partial charge in [-0.15, -0.1) is 0 Å². The molecule has 56 valence electrons. The molecule has 1 rings (SSSR count). The minimum absolute atomic E-state index is 0.0289. The first-order chi connectivity index (χ1) is 4.74. The number of rotatable bonds is 2. The predicted molar refractivity (Wildman–Crippen MR) is 41.4 cm³/mol. The maximum Gasteiger partial charge on any atom is 0.154 e. The lowest BCUT2D eigenvalue weighted by atomic mass is 10.2. The third-order valence-corrected chi connectivity index (χ3v) is 1.68. The standard InChI is InChI=1S/C6H9BrN2O/c1-2-4(8)5-3-6(7)9-10-5/h3-4H,2,8H2,1H3. The summed E-state index contributed by atoms with van der Waals surface area (Å²) in [6.45, 7) is 2.00. The van der Waals surface area contributed by atoms with E-state index in [9.17, 15) is 0 Å². The smallest absolute Gasteiger partial charge is 0.154 e. The fraction of sp³-hybridized carbons (Fsp3) is 0.500. The Bertz CT molecular complexity index is 211. The molecule has 4 heteroatoms. The highest BCUT2D eigenvalue weighted by Gasteiger charge is 2.08. The van der Waals surface area contributed by atoms with Crippen molar-refractivity contribution >= 4 is 15.9 Å². The Morgan fingerprint density at radius 2 is 2.60 bits per heavy atom. The molecule has 0 bridgehead atoms. The van der Waals surface area contributed by atoms with Crippen molar-refractivity contribution in [1.29, 1.82) is 0 Å². The lowest BCUT2D eigenvalue weighted by Gasteiger charge is -2.00. The van der Waals surface area contributed by atoms with Gasteiger partial charge >= 0.3 is 0 Å². The molecule has 0 aliphatic heterocycles. The summed E-state index contributed by atoms with van der Waals surface area (Å²) < 4.78 is 5.60. The van der Waals surface area contributed by atoms with Crippen LogP contribution < -0.4 is 5.73 Å². The van der Waals surface area contributed by atoms with Crippen LogP contribution in [-0.2, 0) is 0 Å². The van der Waals surface area contributed by atoms with Gasteiger partial charge in [0.2, 0.25) is 0 Å². The summed E-state index contributed by atoms with van der Waals surface area (Å²) in [4.78, 5) is 0. The first-order valence-corrected chi connectivity index (χ1v) is 3.91. The van der Waals surface area contributed by atoms with E-state index in [1.54, 1.807) is 6.07 Å². The zero-order valence-electron chi connectivity index (χ0n) is 5.67. The summed E-state index contributed by atoms with van der Waals surface area (Å²) >= 11 is 3.17. The van der Waals surface area contributed by atoms with Crippen molar-refractivity contribution in [2.75, 3.05) is 0 Å². The van der Waals surface area contributed by atoms with Crippen LogP contribution in [0.15, 0.2) is 15.2 Å². The number of halogens is 1. The topological polar surface area (TPSA) is 52.0 Å². The second kappa shape index (κ2) is 3.16. The number of nitrogens with zero attached hydrogens (tertiary/aromatic N) is 1. The molecule has 1 heterocycles. The molecule has 0 aliphatic rings. The average molecular weight is 205 g/mol. The fourth-order valence-electron chi connectivity index (χ4n) is 0.642. The highest BCUT2D eigenvalue weighted by molar-refractivity contribution is 9.10. The molecule has 0 radical (unpaired) electrons. The first kappa shape index (κ1) is 7.75. The normalized spacial score (nSPS) is 13.5. The summed E-state index contributed by atoms with van der Waals surface area (Å²) in [7, 11) is 0. The van der Waals surface area contributed by atoms with Crippen LogP contribution in [0.5, 0.6) is 0 Å². The third kappa shape index (κ3) is 1.58. The molecule has 0 spiro atoms. The van der Waals surface area contributed by atoms with E-state index in [-0.39, 0.29) is 6.04 Å². The molecule has 1 atom stereocenters. The van der Waals surface area contributed by atoms with Crippen molar-refractivity contribution in [3.8, 4) is 0 Å². The zero-order chi connectivity index (χ0) is 7.56. The quantitative estimate of drug-likeness (QED) is 0.801. The van der Waals surface area contributed by atoms with Gasteiger partial charge in [-0.05, 0) is 22.4 Å². The molecule has 10 heavy (non-hydrogen) atoms. The molecule has 1 aromatic heterocycles. The number of hydrogen-bond acceptors (Lipinski definition) is 3. The summed E-state index contributed by atoms with van der Waals surface area (Å²) in [6, 6.07) is 1.76. The van der Waals surface area contributed by atoms with E-state index < -0.39 is 0 Å². The van der Waals surface area contributed by atoms with Crippen LogP contribution in [-0.4, -0.2) is 5.16 Å².